The Morgan fingerprint density at radius 2 is 1.74 bits per heavy atom. The summed E-state index contributed by atoms with van der Waals surface area (Å²) in [5.74, 6) is -0.0264. The van der Waals surface area contributed by atoms with Gasteiger partial charge in [-0.25, -0.2) is 14.6 Å². The highest BCUT2D eigenvalue weighted by Crippen LogP contribution is 2.36. The van der Waals surface area contributed by atoms with Gasteiger partial charge in [-0.05, 0) is 95.9 Å². The molecule has 50 heavy (non-hydrogen) atoms. The lowest BCUT2D eigenvalue weighted by molar-refractivity contribution is -0.384. The number of fused-ring (bicyclic) bond motifs is 1. The maximum atomic E-state index is 14.1. The minimum absolute atomic E-state index is 0.00149. The molecule has 0 amide bonds. The van der Waals surface area contributed by atoms with Crippen LogP contribution in [0.3, 0.4) is 0 Å². The van der Waals surface area contributed by atoms with Gasteiger partial charge in [-0.15, -0.1) is 0 Å². The predicted octanol–water partition coefficient (Wildman–Crippen LogP) is 5.00. The number of methoxy groups -OCH3 is 1. The molecule has 0 unspecified atom stereocenters. The molecule has 1 aromatic heterocycles. The lowest BCUT2D eigenvalue weighted by atomic mass is 9.95. The molecular weight excluding hydrogens is 734 g/mol. The zero-order chi connectivity index (χ0) is 35.9. The Bertz CT molecular complexity index is 2160. The second-order valence-electron chi connectivity index (χ2n) is 10.7. The van der Waals surface area contributed by atoms with Gasteiger partial charge >= 0.3 is 11.9 Å². The molecule has 0 bridgehead atoms. The number of carbonyl (C=O) groups excluding carboxylic acids is 2. The van der Waals surface area contributed by atoms with Crippen molar-refractivity contribution >= 4 is 51.0 Å². The highest BCUT2D eigenvalue weighted by atomic mass is 79.9. The van der Waals surface area contributed by atoms with Crippen LogP contribution >= 0.6 is 27.3 Å². The van der Waals surface area contributed by atoms with E-state index in [1.54, 1.807) is 75.4 Å². The Hall–Kier alpha value is -5.28. The number of carbonyl (C=O) groups is 2. The molecule has 3 aromatic carbocycles. The molecule has 0 spiro atoms. The number of nitrogens with zero attached hydrogens (tertiary/aromatic N) is 3. The van der Waals surface area contributed by atoms with Crippen LogP contribution in [0.2, 0.25) is 0 Å². The average molecular weight is 767 g/mol. The number of esters is 2. The Balaban J connectivity index is 1.51. The van der Waals surface area contributed by atoms with E-state index in [9.17, 15) is 24.5 Å². The summed E-state index contributed by atoms with van der Waals surface area (Å²) in [6.07, 6.45) is 1.73. The molecule has 260 valence electrons. The maximum Gasteiger partial charge on any atom is 0.343 e. The molecule has 1 aliphatic heterocycles. The fourth-order valence-corrected chi connectivity index (χ4v) is 6.69. The van der Waals surface area contributed by atoms with E-state index in [0.29, 0.717) is 42.1 Å². The highest BCUT2D eigenvalue weighted by Gasteiger charge is 2.34. The van der Waals surface area contributed by atoms with Crippen LogP contribution in [0.4, 0.5) is 5.69 Å². The van der Waals surface area contributed by atoms with Gasteiger partial charge in [0.05, 0.1) is 51.6 Å². The molecule has 0 fully saturated rings. The third kappa shape index (κ3) is 7.95. The smallest absolute Gasteiger partial charge is 0.343 e. The second-order valence-corrected chi connectivity index (χ2v) is 12.6. The lowest BCUT2D eigenvalue weighted by Gasteiger charge is -2.25. The second kappa shape index (κ2) is 16.0. The maximum absolute atomic E-state index is 14.1. The van der Waals surface area contributed by atoms with E-state index in [-0.39, 0.29) is 49.0 Å². The number of ether oxygens (including phenoxy) is 5. The van der Waals surface area contributed by atoms with Crippen LogP contribution in [-0.2, 0) is 25.7 Å². The molecule has 2 heterocycles. The zero-order valence-electron chi connectivity index (χ0n) is 27.5. The largest absolute Gasteiger partial charge is 0.490 e. The van der Waals surface area contributed by atoms with Crippen LogP contribution in [0.5, 0.6) is 17.2 Å². The number of nitro benzene ring substituents is 1. The van der Waals surface area contributed by atoms with Gasteiger partial charge in [0.25, 0.3) is 11.2 Å². The van der Waals surface area contributed by atoms with Crippen LogP contribution < -0.4 is 29.1 Å². The summed E-state index contributed by atoms with van der Waals surface area (Å²) in [6.45, 7) is 5.46. The Kier molecular flexibility index (Phi) is 11.5. The van der Waals surface area contributed by atoms with Crippen LogP contribution in [0, 0.1) is 10.1 Å². The molecule has 0 aliphatic carbocycles. The molecule has 13 nitrogen and oxygen atoms in total. The highest BCUT2D eigenvalue weighted by molar-refractivity contribution is 9.10. The van der Waals surface area contributed by atoms with Crippen molar-refractivity contribution in [1.82, 2.24) is 4.57 Å². The number of non-ortho nitro benzene ring substituents is 1. The molecule has 0 saturated carbocycles. The minimum atomic E-state index is -0.900. The number of thiazole rings is 1. The first kappa shape index (κ1) is 36.0. The van der Waals surface area contributed by atoms with Gasteiger partial charge in [-0.3, -0.25) is 19.5 Å². The number of rotatable bonds is 13. The molecule has 1 atom stereocenters. The van der Waals surface area contributed by atoms with Crippen molar-refractivity contribution in [3.63, 3.8) is 0 Å². The van der Waals surface area contributed by atoms with Crippen molar-refractivity contribution in [3.05, 3.63) is 123 Å². The van der Waals surface area contributed by atoms with E-state index in [2.05, 4.69) is 25.7 Å². The van der Waals surface area contributed by atoms with Gasteiger partial charge in [0.15, 0.2) is 22.9 Å². The van der Waals surface area contributed by atoms with Crippen molar-refractivity contribution in [3.8, 4) is 17.2 Å². The summed E-state index contributed by atoms with van der Waals surface area (Å²) in [4.78, 5) is 54.7. The van der Waals surface area contributed by atoms with E-state index in [1.165, 1.54) is 35.1 Å². The lowest BCUT2D eigenvalue weighted by Crippen LogP contribution is -2.40. The molecule has 0 N–H and O–H groups in total. The quantitative estimate of drug-likeness (QED) is 0.103. The van der Waals surface area contributed by atoms with Crippen LogP contribution in [0.1, 0.15) is 43.5 Å². The normalized spacial score (nSPS) is 14.0. The molecule has 0 saturated heterocycles. The molecule has 5 rings (SSSR count). The standard InChI is InChI=1S/C35H32BrN3O10S/c1-5-46-28-17-23(10-14-27(28)49-19-30(40)45-4)32-31(34(42)47-6-2)20(3)37-35-38(32)33(41)29(50-35)16-22-9-13-26(25(36)15-22)48-18-21-7-11-24(12-8-21)39(43)44/h7-17,32H,5-6,18-19H2,1-4H3/b29-16-/t32-/m0/s1. The van der Waals surface area contributed by atoms with Crippen molar-refractivity contribution < 1.29 is 38.2 Å². The summed E-state index contributed by atoms with van der Waals surface area (Å²) >= 11 is 4.71. The van der Waals surface area contributed by atoms with Gasteiger partial charge < -0.3 is 23.7 Å². The predicted molar refractivity (Wildman–Crippen MR) is 187 cm³/mol. The number of benzene rings is 3. The Labute approximate surface area is 298 Å². The van der Waals surface area contributed by atoms with Gasteiger partial charge in [-0.1, -0.05) is 23.5 Å². The van der Waals surface area contributed by atoms with Gasteiger partial charge in [0.2, 0.25) is 0 Å². The van der Waals surface area contributed by atoms with E-state index < -0.39 is 22.9 Å². The van der Waals surface area contributed by atoms with Crippen LogP contribution in [-0.4, -0.2) is 48.4 Å². The number of nitro groups is 1. The van der Waals surface area contributed by atoms with Crippen molar-refractivity contribution in [1.29, 1.82) is 0 Å². The first-order chi connectivity index (χ1) is 24.0. The summed E-state index contributed by atoms with van der Waals surface area (Å²) < 4.78 is 29.9. The number of halogens is 1. The topological polar surface area (TPSA) is 158 Å². The summed E-state index contributed by atoms with van der Waals surface area (Å²) in [7, 11) is 1.26. The third-order valence-electron chi connectivity index (χ3n) is 7.47. The van der Waals surface area contributed by atoms with Crippen LogP contribution in [0.25, 0.3) is 6.08 Å². The Morgan fingerprint density at radius 3 is 2.40 bits per heavy atom. The van der Waals surface area contributed by atoms with Gasteiger partial charge in [-0.2, -0.15) is 0 Å². The number of hydrogen-bond donors (Lipinski definition) is 0. The summed E-state index contributed by atoms with van der Waals surface area (Å²) in [5, 5.41) is 10.9. The summed E-state index contributed by atoms with van der Waals surface area (Å²) in [6, 6.07) is 15.5. The molecule has 0 radical (unpaired) electrons. The number of aromatic nitrogens is 1. The molecule has 15 heteroatoms. The number of allylic oxidation sites excluding steroid dienone is 1. The minimum Gasteiger partial charge on any atom is -0.490 e. The van der Waals surface area contributed by atoms with E-state index >= 15 is 0 Å². The molecular formula is C35H32BrN3O10S. The van der Waals surface area contributed by atoms with Crippen molar-refractivity contribution in [2.24, 2.45) is 4.99 Å². The third-order valence-corrected chi connectivity index (χ3v) is 9.07. The first-order valence-electron chi connectivity index (χ1n) is 15.4. The monoisotopic (exact) mass is 765 g/mol. The molecule has 1 aliphatic rings. The number of hydrogen-bond acceptors (Lipinski definition) is 12. The zero-order valence-corrected chi connectivity index (χ0v) is 29.9. The SMILES string of the molecule is CCOC(=O)C1=C(C)N=c2s/c(=C\c3ccc(OCc4ccc([N+](=O)[O-])cc4)c(Br)c3)c(=O)n2[C@H]1c1ccc(OCC(=O)OC)c(OCC)c1. The van der Waals surface area contributed by atoms with E-state index in [4.69, 9.17) is 18.9 Å². The van der Waals surface area contributed by atoms with Gasteiger partial charge in [0, 0.05) is 12.1 Å². The first-order valence-corrected chi connectivity index (χ1v) is 17.0. The van der Waals surface area contributed by atoms with Crippen LogP contribution in [0.15, 0.2) is 86.2 Å². The fourth-order valence-electron chi connectivity index (χ4n) is 5.14. The van der Waals surface area contributed by atoms with Gasteiger partial charge in [0.1, 0.15) is 12.4 Å². The van der Waals surface area contributed by atoms with Crippen molar-refractivity contribution in [2.75, 3.05) is 26.9 Å². The average Bonchev–Trinajstić information content (AvgIpc) is 3.40. The summed E-state index contributed by atoms with van der Waals surface area (Å²) in [5.41, 5.74) is 2.24. The Morgan fingerprint density at radius 1 is 1.00 bits per heavy atom. The fraction of sp³-hybridized carbons (Fsp3) is 0.257. The molecule has 4 aromatic rings. The van der Waals surface area contributed by atoms with E-state index in [1.807, 2.05) is 0 Å². The van der Waals surface area contributed by atoms with E-state index in [0.717, 1.165) is 5.56 Å². The van der Waals surface area contributed by atoms with Crippen molar-refractivity contribution in [2.45, 2.75) is 33.4 Å².